The molecule has 0 radical (unpaired) electrons. The lowest BCUT2D eigenvalue weighted by molar-refractivity contribution is -0.142. The third-order valence-electron chi connectivity index (χ3n) is 5.43. The van der Waals surface area contributed by atoms with Crippen LogP contribution in [0.15, 0.2) is 22.8 Å². The highest BCUT2D eigenvalue weighted by molar-refractivity contribution is 5.81. The number of rotatable bonds is 3. The molecular formula is C18H26N2O4. The van der Waals surface area contributed by atoms with E-state index in [2.05, 4.69) is 4.90 Å². The van der Waals surface area contributed by atoms with Crippen LogP contribution in [0.5, 0.6) is 0 Å². The van der Waals surface area contributed by atoms with Gasteiger partial charge in [-0.25, -0.2) is 0 Å². The van der Waals surface area contributed by atoms with Crippen molar-refractivity contribution in [3.05, 3.63) is 24.2 Å². The van der Waals surface area contributed by atoms with E-state index in [-0.39, 0.29) is 17.4 Å². The van der Waals surface area contributed by atoms with Crippen molar-refractivity contribution in [2.75, 3.05) is 46.0 Å². The summed E-state index contributed by atoms with van der Waals surface area (Å²) in [6, 6.07) is 3.94. The number of hydrogen-bond donors (Lipinski definition) is 0. The first kappa shape index (κ1) is 16.1. The Balaban J connectivity index is 1.41. The Kier molecular flexibility index (Phi) is 4.61. The van der Waals surface area contributed by atoms with E-state index in [0.717, 1.165) is 57.8 Å². The zero-order valence-electron chi connectivity index (χ0n) is 14.1. The van der Waals surface area contributed by atoms with Gasteiger partial charge in [-0.3, -0.25) is 9.69 Å². The van der Waals surface area contributed by atoms with Gasteiger partial charge < -0.3 is 18.8 Å². The Bertz CT molecular complexity index is 555. The van der Waals surface area contributed by atoms with Gasteiger partial charge in [-0.05, 0) is 37.9 Å². The summed E-state index contributed by atoms with van der Waals surface area (Å²) < 4.78 is 16.9. The van der Waals surface area contributed by atoms with E-state index in [0.29, 0.717) is 19.8 Å². The Morgan fingerprint density at radius 2 is 2.25 bits per heavy atom. The van der Waals surface area contributed by atoms with Gasteiger partial charge in [-0.1, -0.05) is 0 Å². The fourth-order valence-corrected chi connectivity index (χ4v) is 4.19. The van der Waals surface area contributed by atoms with Gasteiger partial charge >= 0.3 is 0 Å². The van der Waals surface area contributed by atoms with Gasteiger partial charge in [0.15, 0.2) is 0 Å². The number of amides is 1. The van der Waals surface area contributed by atoms with Crippen LogP contribution in [-0.4, -0.2) is 67.8 Å². The molecule has 0 unspecified atom stereocenters. The molecule has 1 aromatic heterocycles. The van der Waals surface area contributed by atoms with Crippen LogP contribution in [-0.2, 0) is 20.8 Å². The molecule has 4 rings (SSSR count). The van der Waals surface area contributed by atoms with E-state index < -0.39 is 0 Å². The molecular weight excluding hydrogens is 308 g/mol. The van der Waals surface area contributed by atoms with Crippen molar-refractivity contribution in [2.24, 2.45) is 5.41 Å². The van der Waals surface area contributed by atoms with Crippen molar-refractivity contribution in [3.63, 3.8) is 0 Å². The fraction of sp³-hybridized carbons (Fsp3) is 0.722. The Hall–Kier alpha value is -1.37. The van der Waals surface area contributed by atoms with E-state index >= 15 is 0 Å². The van der Waals surface area contributed by atoms with Gasteiger partial charge in [-0.15, -0.1) is 0 Å². The van der Waals surface area contributed by atoms with Gasteiger partial charge in [0.2, 0.25) is 0 Å². The molecule has 0 aromatic carbocycles. The molecule has 24 heavy (non-hydrogen) atoms. The second-order valence-corrected chi connectivity index (χ2v) is 7.35. The average molecular weight is 334 g/mol. The number of furan rings is 1. The van der Waals surface area contributed by atoms with Crippen molar-refractivity contribution in [3.8, 4) is 0 Å². The largest absolute Gasteiger partial charge is 0.468 e. The van der Waals surface area contributed by atoms with Crippen LogP contribution in [0.4, 0.5) is 0 Å². The van der Waals surface area contributed by atoms with E-state index in [1.807, 2.05) is 17.0 Å². The normalized spacial score (nSPS) is 31.7. The van der Waals surface area contributed by atoms with Crippen LogP contribution < -0.4 is 0 Å². The average Bonchev–Trinajstić information content (AvgIpc) is 3.30. The third kappa shape index (κ3) is 3.36. The summed E-state index contributed by atoms with van der Waals surface area (Å²) in [6.45, 7) is 6.32. The van der Waals surface area contributed by atoms with Crippen molar-refractivity contribution >= 4 is 5.91 Å². The molecule has 0 bridgehead atoms. The lowest BCUT2D eigenvalue weighted by Crippen LogP contribution is -2.46. The highest BCUT2D eigenvalue weighted by Gasteiger charge is 2.43. The van der Waals surface area contributed by atoms with Crippen LogP contribution in [0.3, 0.4) is 0 Å². The van der Waals surface area contributed by atoms with Gasteiger partial charge in [-0.2, -0.15) is 0 Å². The van der Waals surface area contributed by atoms with E-state index in [1.54, 1.807) is 6.26 Å². The lowest BCUT2D eigenvalue weighted by Gasteiger charge is -2.33. The smallest absolute Gasteiger partial charge is 0.251 e. The topological polar surface area (TPSA) is 55.1 Å². The van der Waals surface area contributed by atoms with Gasteiger partial charge in [0.05, 0.1) is 26.0 Å². The molecule has 1 aromatic rings. The third-order valence-corrected chi connectivity index (χ3v) is 5.43. The Morgan fingerprint density at radius 1 is 1.29 bits per heavy atom. The summed E-state index contributed by atoms with van der Waals surface area (Å²) >= 11 is 0. The molecule has 6 heteroatoms. The maximum atomic E-state index is 12.7. The Morgan fingerprint density at radius 3 is 3.04 bits per heavy atom. The minimum atomic E-state index is -0.235. The molecule has 1 spiro atoms. The van der Waals surface area contributed by atoms with Crippen LogP contribution >= 0.6 is 0 Å². The van der Waals surface area contributed by atoms with Crippen LogP contribution in [0.1, 0.15) is 25.0 Å². The first-order valence-corrected chi connectivity index (χ1v) is 8.97. The zero-order chi connectivity index (χ0) is 16.4. The minimum absolute atomic E-state index is 0.0390. The maximum Gasteiger partial charge on any atom is 0.251 e. The minimum Gasteiger partial charge on any atom is -0.468 e. The molecule has 6 nitrogen and oxygen atoms in total. The molecule has 3 aliphatic heterocycles. The second kappa shape index (κ2) is 6.86. The zero-order valence-corrected chi connectivity index (χ0v) is 14.1. The number of ether oxygens (including phenoxy) is 2. The van der Waals surface area contributed by atoms with E-state index in [4.69, 9.17) is 13.9 Å². The monoisotopic (exact) mass is 334 g/mol. The first-order chi connectivity index (χ1) is 11.7. The van der Waals surface area contributed by atoms with Gasteiger partial charge in [0, 0.05) is 31.7 Å². The van der Waals surface area contributed by atoms with Gasteiger partial charge in [0.25, 0.3) is 5.91 Å². The molecule has 1 amide bonds. The molecule has 3 fully saturated rings. The molecule has 2 atom stereocenters. The standard InChI is InChI=1S/C18H26N2O4/c21-17(16-4-2-9-24-16)20-7-10-22-14-18(13-20)5-6-19(12-18)11-15-3-1-8-23-15/h1,3,8,16H,2,4-7,9-14H2/t16-,18+/m1/s1. The highest BCUT2D eigenvalue weighted by atomic mass is 16.5. The molecule has 132 valence electrons. The highest BCUT2D eigenvalue weighted by Crippen LogP contribution is 2.34. The summed E-state index contributed by atoms with van der Waals surface area (Å²) in [7, 11) is 0. The summed E-state index contributed by atoms with van der Waals surface area (Å²) in [4.78, 5) is 17.1. The molecule has 3 aliphatic rings. The lowest BCUT2D eigenvalue weighted by atomic mass is 9.87. The molecule has 0 N–H and O–H groups in total. The molecule has 0 aliphatic carbocycles. The quantitative estimate of drug-likeness (QED) is 0.839. The summed E-state index contributed by atoms with van der Waals surface area (Å²) in [5.41, 5.74) is 0.0390. The molecule has 0 saturated carbocycles. The van der Waals surface area contributed by atoms with Crippen molar-refractivity contribution < 1.29 is 18.7 Å². The fourth-order valence-electron chi connectivity index (χ4n) is 4.19. The predicted octanol–water partition coefficient (Wildman–Crippen LogP) is 1.51. The number of likely N-dealkylation sites (tertiary alicyclic amines) is 1. The summed E-state index contributed by atoms with van der Waals surface area (Å²) in [5, 5.41) is 0. The van der Waals surface area contributed by atoms with Crippen molar-refractivity contribution in [1.29, 1.82) is 0 Å². The second-order valence-electron chi connectivity index (χ2n) is 7.35. The predicted molar refractivity (Wildman–Crippen MR) is 87.4 cm³/mol. The summed E-state index contributed by atoms with van der Waals surface area (Å²) in [5.74, 6) is 1.15. The number of nitrogens with zero attached hydrogens (tertiary/aromatic N) is 2. The van der Waals surface area contributed by atoms with Crippen molar-refractivity contribution in [2.45, 2.75) is 31.9 Å². The molecule has 3 saturated heterocycles. The van der Waals surface area contributed by atoms with Crippen LogP contribution in [0, 0.1) is 5.41 Å². The summed E-state index contributed by atoms with van der Waals surface area (Å²) in [6.07, 6.45) is 4.39. The van der Waals surface area contributed by atoms with E-state index in [1.165, 1.54) is 0 Å². The van der Waals surface area contributed by atoms with Gasteiger partial charge in [0.1, 0.15) is 11.9 Å². The number of hydrogen-bond acceptors (Lipinski definition) is 5. The number of carbonyl (C=O) groups excluding carboxylic acids is 1. The first-order valence-electron chi connectivity index (χ1n) is 8.97. The van der Waals surface area contributed by atoms with Crippen LogP contribution in [0.25, 0.3) is 0 Å². The SMILES string of the molecule is O=C([C@H]1CCCO1)N1CCOC[C@]2(CCN(Cc3ccco3)C2)C1. The molecule has 4 heterocycles. The maximum absolute atomic E-state index is 12.7. The van der Waals surface area contributed by atoms with Crippen molar-refractivity contribution in [1.82, 2.24) is 9.80 Å². The Labute approximate surface area is 142 Å². The van der Waals surface area contributed by atoms with E-state index in [9.17, 15) is 4.79 Å². The number of carbonyl (C=O) groups is 1. The van der Waals surface area contributed by atoms with Crippen LogP contribution in [0.2, 0.25) is 0 Å².